The summed E-state index contributed by atoms with van der Waals surface area (Å²) in [7, 11) is 0. The van der Waals surface area contributed by atoms with Crippen molar-refractivity contribution in [2.45, 2.75) is 213 Å². The molecule has 0 bridgehead atoms. The minimum atomic E-state index is -1.09. The molecule has 1 saturated heterocycles. The molecule has 5 N–H and O–H groups in total. The number of aliphatic hydroxyl groups is 1. The predicted octanol–water partition coefficient (Wildman–Crippen LogP) is 7.79. The van der Waals surface area contributed by atoms with Gasteiger partial charge in [-0.3, -0.25) is 9.48 Å². The average Bonchev–Trinajstić information content (AvgIpc) is 3.78. The first-order valence-electron chi connectivity index (χ1n) is 27.6. The lowest BCUT2D eigenvalue weighted by molar-refractivity contribution is -0.157. The minimum absolute atomic E-state index is 0.0114. The van der Waals surface area contributed by atoms with Gasteiger partial charge >= 0.3 is 24.2 Å². The van der Waals surface area contributed by atoms with E-state index in [0.717, 1.165) is 49.4 Å². The highest BCUT2D eigenvalue weighted by Crippen LogP contribution is 2.27. The Labute approximate surface area is 455 Å². The summed E-state index contributed by atoms with van der Waals surface area (Å²) in [5.41, 5.74) is -1.37. The molecule has 22 heteroatoms. The fourth-order valence-corrected chi connectivity index (χ4v) is 9.06. The quantitative estimate of drug-likeness (QED) is 0.0448. The van der Waals surface area contributed by atoms with E-state index in [0.29, 0.717) is 82.7 Å². The van der Waals surface area contributed by atoms with Gasteiger partial charge in [0.1, 0.15) is 40.0 Å². The van der Waals surface area contributed by atoms with Crippen molar-refractivity contribution in [3.63, 3.8) is 0 Å². The molecule has 0 radical (unpaired) electrons. The molecule has 1 aliphatic carbocycles. The Morgan fingerprint density at radius 3 is 2.06 bits per heavy atom. The molecule has 1 aliphatic heterocycles. The second kappa shape index (κ2) is 28.0. The normalized spacial score (nSPS) is 16.0. The average molecular weight is 1080 g/mol. The molecule has 1 saturated carbocycles. The number of likely N-dealkylation sites (tertiary alicyclic amines) is 1. The van der Waals surface area contributed by atoms with Gasteiger partial charge in [0.25, 0.3) is 0 Å². The number of aliphatic hydroxyl groups excluding tert-OH is 1. The molecular formula is C55H90N12O10. The second-order valence-corrected chi connectivity index (χ2v) is 24.3. The van der Waals surface area contributed by atoms with Crippen molar-refractivity contribution in [3.05, 3.63) is 36.2 Å². The lowest BCUT2D eigenvalue weighted by atomic mass is 9.94. The summed E-state index contributed by atoms with van der Waals surface area (Å²) in [6.45, 7) is 25.5. The topological polar surface area (TPSA) is 257 Å². The number of hydrogen-bond acceptors (Lipinski definition) is 17. The maximum Gasteiger partial charge on any atom is 0.410 e. The summed E-state index contributed by atoms with van der Waals surface area (Å²) in [6, 6.07) is 6.97. The number of aryl methyl sites for hydroxylation is 1. The van der Waals surface area contributed by atoms with E-state index in [1.54, 1.807) is 51.1 Å². The summed E-state index contributed by atoms with van der Waals surface area (Å²) in [6.07, 6.45) is 7.49. The second-order valence-electron chi connectivity index (χ2n) is 24.3. The van der Waals surface area contributed by atoms with Crippen molar-refractivity contribution in [2.24, 2.45) is 0 Å². The number of anilines is 2. The highest BCUT2D eigenvalue weighted by atomic mass is 16.6. The molecule has 430 valence electrons. The largest absolute Gasteiger partial charge is 0.458 e. The zero-order valence-electron chi connectivity index (χ0n) is 48.0. The van der Waals surface area contributed by atoms with Gasteiger partial charge in [-0.15, -0.1) is 5.10 Å². The van der Waals surface area contributed by atoms with Gasteiger partial charge in [0, 0.05) is 76.2 Å². The zero-order chi connectivity index (χ0) is 56.6. The smallest absolute Gasteiger partial charge is 0.410 e. The molecule has 2 aromatic heterocycles. The first-order chi connectivity index (χ1) is 36.1. The third-order valence-electron chi connectivity index (χ3n) is 12.5. The molecular weight excluding hydrogens is 989 g/mol. The Kier molecular flexibility index (Phi) is 22.5. The van der Waals surface area contributed by atoms with E-state index in [9.17, 15) is 29.1 Å². The van der Waals surface area contributed by atoms with Crippen LogP contribution in [0.15, 0.2) is 30.5 Å². The molecule has 0 unspecified atom stereocenters. The third-order valence-corrected chi connectivity index (χ3v) is 12.5. The van der Waals surface area contributed by atoms with E-state index in [1.807, 2.05) is 76.9 Å². The van der Waals surface area contributed by atoms with Crippen molar-refractivity contribution >= 4 is 52.8 Å². The summed E-state index contributed by atoms with van der Waals surface area (Å²) < 4.78 is 24.1. The van der Waals surface area contributed by atoms with Gasteiger partial charge in [-0.1, -0.05) is 36.6 Å². The Balaban J connectivity index is 1.08. The number of nitrogens with one attached hydrogen (secondary N) is 4. The molecule has 0 spiro atoms. The summed E-state index contributed by atoms with van der Waals surface area (Å²) in [5, 5.41) is 32.8. The number of para-hydroxylation sites is 1. The zero-order valence-corrected chi connectivity index (χ0v) is 48.0. The highest BCUT2D eigenvalue weighted by molar-refractivity contribution is 5.90. The number of amides is 4. The summed E-state index contributed by atoms with van der Waals surface area (Å²) in [5.74, 6) is 0.100. The van der Waals surface area contributed by atoms with Gasteiger partial charge in [-0.2, -0.15) is 4.98 Å². The third kappa shape index (κ3) is 22.8. The van der Waals surface area contributed by atoms with Gasteiger partial charge in [0.2, 0.25) is 11.9 Å². The van der Waals surface area contributed by atoms with Crippen molar-refractivity contribution in [3.8, 4) is 0 Å². The van der Waals surface area contributed by atoms with Crippen LogP contribution in [0.1, 0.15) is 159 Å². The molecule has 3 heterocycles. The first kappa shape index (κ1) is 61.8. The van der Waals surface area contributed by atoms with E-state index in [2.05, 4.69) is 36.5 Å². The van der Waals surface area contributed by atoms with Crippen LogP contribution in [0.4, 0.5) is 26.1 Å². The van der Waals surface area contributed by atoms with E-state index in [4.69, 9.17) is 28.9 Å². The van der Waals surface area contributed by atoms with Crippen molar-refractivity contribution in [1.82, 2.24) is 50.3 Å². The van der Waals surface area contributed by atoms with Crippen LogP contribution in [0.25, 0.3) is 10.9 Å². The van der Waals surface area contributed by atoms with Crippen LogP contribution in [0.3, 0.4) is 0 Å². The number of β-amino-alcohol motifs (C(OH)–C–C–N with tert-alkyl or cyclic N) is 1. The Morgan fingerprint density at radius 2 is 1.40 bits per heavy atom. The monoisotopic (exact) mass is 1080 g/mol. The van der Waals surface area contributed by atoms with Gasteiger partial charge in [0.05, 0.1) is 24.4 Å². The van der Waals surface area contributed by atoms with Crippen molar-refractivity contribution < 1.29 is 48.0 Å². The number of benzene rings is 1. The number of esters is 1. The number of carbonyl (C=O) groups excluding carboxylic acids is 5. The van der Waals surface area contributed by atoms with Crippen molar-refractivity contribution in [1.29, 1.82) is 0 Å². The first-order valence-corrected chi connectivity index (χ1v) is 27.6. The number of fused-ring (bicyclic) bond motifs is 1. The van der Waals surface area contributed by atoms with Crippen LogP contribution in [-0.4, -0.2) is 167 Å². The van der Waals surface area contributed by atoms with Gasteiger partial charge in [-0.25, -0.2) is 24.2 Å². The number of ether oxygens (including phenoxy) is 4. The van der Waals surface area contributed by atoms with Gasteiger partial charge in [-0.05, 0) is 140 Å². The Hall–Kier alpha value is -6.03. The predicted molar refractivity (Wildman–Crippen MR) is 294 cm³/mol. The van der Waals surface area contributed by atoms with E-state index < -0.39 is 52.7 Å². The maximum absolute atomic E-state index is 13.4. The fraction of sp³-hybridized carbons (Fsp3) is 0.727. The van der Waals surface area contributed by atoms with Crippen LogP contribution in [0, 0.1) is 0 Å². The molecule has 77 heavy (non-hydrogen) atoms. The number of aromatic nitrogens is 5. The molecule has 3 aromatic rings. The number of nitrogens with zero attached hydrogens (tertiary/aromatic N) is 8. The molecule has 4 amide bonds. The number of rotatable bonds is 23. The molecule has 2 fully saturated rings. The maximum atomic E-state index is 13.4. The molecule has 2 aliphatic rings. The molecule has 5 rings (SSSR count). The van der Waals surface area contributed by atoms with Crippen LogP contribution in [-0.2, 0) is 41.6 Å². The van der Waals surface area contributed by atoms with Crippen LogP contribution >= 0.6 is 0 Å². The Morgan fingerprint density at radius 1 is 0.766 bits per heavy atom. The summed E-state index contributed by atoms with van der Waals surface area (Å²) >= 11 is 0. The van der Waals surface area contributed by atoms with Crippen LogP contribution in [0.2, 0.25) is 0 Å². The lowest BCUT2D eigenvalue weighted by Gasteiger charge is -2.36. The van der Waals surface area contributed by atoms with Crippen molar-refractivity contribution in [2.75, 3.05) is 56.4 Å². The molecule has 1 aromatic carbocycles. The molecule has 2 atom stereocenters. The minimum Gasteiger partial charge on any atom is -0.458 e. The van der Waals surface area contributed by atoms with E-state index in [1.165, 1.54) is 6.42 Å². The lowest BCUT2D eigenvalue weighted by Crippen LogP contribution is -2.47. The molecule has 22 nitrogen and oxygen atoms in total. The number of hydrogen-bond donors (Lipinski definition) is 5. The highest BCUT2D eigenvalue weighted by Gasteiger charge is 2.32. The van der Waals surface area contributed by atoms with E-state index in [-0.39, 0.29) is 43.5 Å². The number of piperidine rings is 1. The SMILES string of the molecule is CC(C)(C)OC(=O)N[C@@H](CCC(=O)NC[C@@H](O)CN1CCC(Nc2nc(NCc3cn(CCCN(CCCN(C(=O)OC(C)(C)C)C4CCCCC4)C(=O)OC(C)(C)C)nn3)nc3ccccc23)CC1)C(=O)OC(C)(C)C. The van der Waals surface area contributed by atoms with Crippen LogP contribution < -0.4 is 21.3 Å². The van der Waals surface area contributed by atoms with E-state index >= 15 is 0 Å². The standard InChI is InChI=1S/C55H90N12O10/c1-52(2,3)74-47(70)44(60-49(71)75-53(4,5)6)24-25-45(69)56-35-41(68)37-64-32-26-38(27-33-64)58-46-42-22-16-17-23-43(42)59-48(61-46)57-34-39-36-66(63-62-39)30-18-28-65(50(72)76-54(7,8)9)29-19-31-67(40-20-14-13-15-21-40)51(73)77-55(10,11)12/h16-17,22-23,36,38,40-41,44,68H,13-15,18-21,24-35,37H2,1-12H3,(H,56,69)(H,60,71)(H2,57,58,59,61)/t41-,44+/m1/s1. The fourth-order valence-electron chi connectivity index (χ4n) is 9.06. The summed E-state index contributed by atoms with van der Waals surface area (Å²) in [4.78, 5) is 80.4. The number of carbonyl (C=O) groups is 5. The van der Waals surface area contributed by atoms with Gasteiger partial charge in [0.15, 0.2) is 0 Å². The number of alkyl carbamates (subject to hydrolysis) is 1. The van der Waals surface area contributed by atoms with Gasteiger partial charge < -0.3 is 60.0 Å². The Bertz CT molecular complexity index is 2380. The van der Waals surface area contributed by atoms with Crippen LogP contribution in [0.5, 0.6) is 0 Å².